The lowest BCUT2D eigenvalue weighted by atomic mass is 9.84. The van der Waals surface area contributed by atoms with E-state index in [0.717, 1.165) is 6.42 Å². The van der Waals surface area contributed by atoms with Gasteiger partial charge in [-0.2, -0.15) is 0 Å². The van der Waals surface area contributed by atoms with Crippen LogP contribution in [-0.2, 0) is 10.2 Å². The van der Waals surface area contributed by atoms with E-state index in [2.05, 4.69) is 31.3 Å². The van der Waals surface area contributed by atoms with Crippen molar-refractivity contribution in [2.75, 3.05) is 13.1 Å². The summed E-state index contributed by atoms with van der Waals surface area (Å²) >= 11 is 0. The Morgan fingerprint density at radius 3 is 2.44 bits per heavy atom. The second-order valence-corrected chi connectivity index (χ2v) is 5.31. The van der Waals surface area contributed by atoms with Gasteiger partial charge in [0.05, 0.1) is 0 Å². The molecule has 0 aliphatic carbocycles. The maximum absolute atomic E-state index is 11.9. The average molecular weight is 248 g/mol. The summed E-state index contributed by atoms with van der Waals surface area (Å²) in [5, 5.41) is 3.00. The van der Waals surface area contributed by atoms with Crippen LogP contribution in [0.5, 0.6) is 0 Å². The number of nitrogens with two attached hydrogens (primary N) is 1. The van der Waals surface area contributed by atoms with Crippen LogP contribution in [0.2, 0.25) is 0 Å². The Morgan fingerprint density at radius 1 is 1.33 bits per heavy atom. The highest BCUT2D eigenvalue weighted by Crippen LogP contribution is 2.21. The Bertz CT molecular complexity index is 369. The first-order valence-corrected chi connectivity index (χ1v) is 6.54. The van der Waals surface area contributed by atoms with E-state index in [4.69, 9.17) is 5.73 Å². The zero-order valence-corrected chi connectivity index (χ0v) is 11.6. The summed E-state index contributed by atoms with van der Waals surface area (Å²) in [6, 6.07) is 10.2. The van der Waals surface area contributed by atoms with Crippen molar-refractivity contribution in [2.45, 2.75) is 32.6 Å². The number of hydrogen-bond acceptors (Lipinski definition) is 2. The molecule has 100 valence electrons. The van der Waals surface area contributed by atoms with Gasteiger partial charge in [0.1, 0.15) is 0 Å². The van der Waals surface area contributed by atoms with Crippen LogP contribution in [0.25, 0.3) is 0 Å². The molecule has 0 fully saturated rings. The number of benzene rings is 1. The van der Waals surface area contributed by atoms with Gasteiger partial charge in [0.15, 0.2) is 0 Å². The van der Waals surface area contributed by atoms with Gasteiger partial charge in [-0.1, -0.05) is 51.1 Å². The van der Waals surface area contributed by atoms with Crippen molar-refractivity contribution in [3.63, 3.8) is 0 Å². The van der Waals surface area contributed by atoms with Gasteiger partial charge < -0.3 is 11.1 Å². The van der Waals surface area contributed by atoms with Gasteiger partial charge >= 0.3 is 0 Å². The molecule has 1 aromatic rings. The maximum atomic E-state index is 11.9. The second-order valence-electron chi connectivity index (χ2n) is 5.31. The zero-order chi connectivity index (χ0) is 13.6. The van der Waals surface area contributed by atoms with E-state index in [0.29, 0.717) is 13.1 Å². The molecule has 0 saturated carbocycles. The molecular weight excluding hydrogens is 224 g/mol. The van der Waals surface area contributed by atoms with Gasteiger partial charge in [0.25, 0.3) is 0 Å². The molecule has 0 saturated heterocycles. The third-order valence-corrected chi connectivity index (χ3v) is 3.41. The molecule has 18 heavy (non-hydrogen) atoms. The molecule has 0 aromatic heterocycles. The Labute approximate surface area is 110 Å². The summed E-state index contributed by atoms with van der Waals surface area (Å²) in [5.74, 6) is -0.0134. The molecule has 1 atom stereocenters. The normalized spacial score (nSPS) is 13.1. The van der Waals surface area contributed by atoms with Crippen LogP contribution in [0, 0.1) is 5.92 Å². The summed E-state index contributed by atoms with van der Waals surface area (Å²) in [6.45, 7) is 7.29. The molecule has 0 heterocycles. The van der Waals surface area contributed by atoms with Crippen molar-refractivity contribution in [3.8, 4) is 0 Å². The van der Waals surface area contributed by atoms with E-state index in [1.54, 1.807) is 0 Å². The summed E-state index contributed by atoms with van der Waals surface area (Å²) < 4.78 is 0. The quantitative estimate of drug-likeness (QED) is 0.809. The highest BCUT2D eigenvalue weighted by Gasteiger charge is 2.22. The molecular formula is C15H24N2O. The van der Waals surface area contributed by atoms with Gasteiger partial charge in [-0.3, -0.25) is 4.79 Å². The van der Waals surface area contributed by atoms with Crippen LogP contribution in [-0.4, -0.2) is 19.0 Å². The first-order valence-electron chi connectivity index (χ1n) is 6.54. The fraction of sp³-hybridized carbons (Fsp3) is 0.533. The minimum atomic E-state index is -0.0726. The summed E-state index contributed by atoms with van der Waals surface area (Å²) in [5.41, 5.74) is 6.74. The van der Waals surface area contributed by atoms with Crippen LogP contribution < -0.4 is 11.1 Å². The highest BCUT2D eigenvalue weighted by molar-refractivity contribution is 5.78. The van der Waals surface area contributed by atoms with Crippen LogP contribution in [0.1, 0.15) is 32.8 Å². The Morgan fingerprint density at radius 2 is 1.94 bits per heavy atom. The van der Waals surface area contributed by atoms with Crippen LogP contribution in [0.3, 0.4) is 0 Å². The minimum Gasteiger partial charge on any atom is -0.355 e. The molecule has 1 rings (SSSR count). The topological polar surface area (TPSA) is 55.1 Å². The number of rotatable bonds is 6. The molecule has 1 amide bonds. The van der Waals surface area contributed by atoms with Gasteiger partial charge in [-0.05, 0) is 12.0 Å². The van der Waals surface area contributed by atoms with Crippen molar-refractivity contribution in [3.05, 3.63) is 35.9 Å². The fourth-order valence-electron chi connectivity index (χ4n) is 1.90. The minimum absolute atomic E-state index is 0.0593. The maximum Gasteiger partial charge on any atom is 0.224 e. The van der Waals surface area contributed by atoms with Crippen LogP contribution in [0.4, 0.5) is 0 Å². The lowest BCUT2D eigenvalue weighted by molar-refractivity contribution is -0.125. The third-order valence-electron chi connectivity index (χ3n) is 3.41. The number of nitrogens with one attached hydrogen (secondary N) is 1. The Balaban J connectivity index is 2.60. The number of carbonyl (C=O) groups excluding carboxylic acids is 1. The van der Waals surface area contributed by atoms with Gasteiger partial charge in [-0.15, -0.1) is 0 Å². The van der Waals surface area contributed by atoms with E-state index >= 15 is 0 Å². The average Bonchev–Trinajstić information content (AvgIpc) is 2.39. The smallest absolute Gasteiger partial charge is 0.224 e. The van der Waals surface area contributed by atoms with E-state index in [9.17, 15) is 4.79 Å². The lowest BCUT2D eigenvalue weighted by Crippen LogP contribution is -2.41. The number of hydrogen-bond donors (Lipinski definition) is 2. The second kappa shape index (κ2) is 6.55. The molecule has 0 aliphatic heterocycles. The van der Waals surface area contributed by atoms with E-state index in [1.807, 2.05) is 25.1 Å². The molecule has 3 N–H and O–H groups in total. The zero-order valence-electron chi connectivity index (χ0n) is 11.6. The molecule has 1 aromatic carbocycles. The fourth-order valence-corrected chi connectivity index (χ4v) is 1.90. The summed E-state index contributed by atoms with van der Waals surface area (Å²) in [7, 11) is 0. The van der Waals surface area contributed by atoms with Gasteiger partial charge in [0.2, 0.25) is 5.91 Å². The largest absolute Gasteiger partial charge is 0.355 e. The predicted molar refractivity (Wildman–Crippen MR) is 75.3 cm³/mol. The molecule has 0 spiro atoms. The van der Waals surface area contributed by atoms with E-state index in [1.165, 1.54) is 5.56 Å². The van der Waals surface area contributed by atoms with Crippen molar-refractivity contribution in [1.82, 2.24) is 5.32 Å². The van der Waals surface area contributed by atoms with E-state index < -0.39 is 0 Å². The van der Waals surface area contributed by atoms with Crippen molar-refractivity contribution >= 4 is 5.91 Å². The first-order chi connectivity index (χ1) is 8.51. The summed E-state index contributed by atoms with van der Waals surface area (Å²) in [4.78, 5) is 11.9. The molecule has 0 bridgehead atoms. The lowest BCUT2D eigenvalue weighted by Gasteiger charge is -2.26. The first kappa shape index (κ1) is 14.7. The van der Waals surface area contributed by atoms with Crippen LogP contribution in [0.15, 0.2) is 30.3 Å². The predicted octanol–water partition coefficient (Wildman–Crippen LogP) is 2.07. The Kier molecular flexibility index (Phi) is 5.35. The van der Waals surface area contributed by atoms with Crippen molar-refractivity contribution in [2.24, 2.45) is 11.7 Å². The molecule has 3 heteroatoms. The third kappa shape index (κ3) is 3.84. The monoisotopic (exact) mass is 248 g/mol. The number of carbonyl (C=O) groups is 1. The summed E-state index contributed by atoms with van der Waals surface area (Å²) in [6.07, 6.45) is 0.786. The Hall–Kier alpha value is -1.35. The highest BCUT2D eigenvalue weighted by atomic mass is 16.1. The molecule has 3 nitrogen and oxygen atoms in total. The molecule has 1 unspecified atom stereocenters. The molecule has 0 aliphatic rings. The van der Waals surface area contributed by atoms with E-state index in [-0.39, 0.29) is 17.2 Å². The SMILES string of the molecule is CCC(CN)C(=O)NCC(C)(C)c1ccccc1. The van der Waals surface area contributed by atoms with Crippen molar-refractivity contribution < 1.29 is 4.79 Å². The van der Waals surface area contributed by atoms with Gasteiger partial charge in [0, 0.05) is 24.4 Å². The number of amides is 1. The standard InChI is InChI=1S/C15H24N2O/c1-4-12(10-16)14(18)17-11-15(2,3)13-8-6-5-7-9-13/h5-9,12H,4,10-11,16H2,1-3H3,(H,17,18). The van der Waals surface area contributed by atoms with Crippen molar-refractivity contribution in [1.29, 1.82) is 0 Å². The van der Waals surface area contributed by atoms with Gasteiger partial charge in [-0.25, -0.2) is 0 Å². The molecule has 0 radical (unpaired) electrons. The van der Waals surface area contributed by atoms with Crippen LogP contribution >= 0.6 is 0 Å².